The van der Waals surface area contributed by atoms with Crippen LogP contribution < -0.4 is 0 Å². The fourth-order valence-electron chi connectivity index (χ4n) is 1.88. The second kappa shape index (κ2) is 4.36. The Hall–Kier alpha value is -2.19. The van der Waals surface area contributed by atoms with Crippen LogP contribution in [0.2, 0.25) is 0 Å². The first-order valence-corrected chi connectivity index (χ1v) is 5.33. The van der Waals surface area contributed by atoms with E-state index < -0.39 is 0 Å². The Morgan fingerprint density at radius 1 is 1.12 bits per heavy atom. The first-order valence-electron chi connectivity index (χ1n) is 5.33. The molecule has 0 N–H and O–H groups in total. The van der Waals surface area contributed by atoms with Crippen molar-refractivity contribution in [1.82, 2.24) is 9.78 Å². The molecule has 0 spiro atoms. The lowest BCUT2D eigenvalue weighted by Gasteiger charge is -2.06. The zero-order valence-corrected chi connectivity index (χ0v) is 10.1. The van der Waals surface area contributed by atoms with Crippen molar-refractivity contribution < 1.29 is 4.79 Å². The van der Waals surface area contributed by atoms with E-state index in [1.54, 1.807) is 16.8 Å². The molecule has 0 amide bonds. The summed E-state index contributed by atoms with van der Waals surface area (Å²) in [5.41, 5.74) is 4.02. The van der Waals surface area contributed by atoms with Gasteiger partial charge in [0.1, 0.15) is 0 Å². The zero-order valence-electron chi connectivity index (χ0n) is 10.1. The van der Waals surface area contributed by atoms with E-state index in [9.17, 15) is 4.79 Å². The van der Waals surface area contributed by atoms with Gasteiger partial charge in [-0.2, -0.15) is 5.10 Å². The summed E-state index contributed by atoms with van der Waals surface area (Å²) in [5, 5.41) is 4.33. The molecule has 0 aliphatic carbocycles. The largest absolute Gasteiger partial charge is 0.242 e. The Morgan fingerprint density at radius 2 is 1.76 bits per heavy atom. The van der Waals surface area contributed by atoms with Crippen molar-refractivity contribution in [2.45, 2.75) is 20.8 Å². The molecule has 1 aromatic carbocycles. The molecule has 17 heavy (non-hydrogen) atoms. The molecule has 0 saturated carbocycles. The van der Waals surface area contributed by atoms with Crippen molar-refractivity contribution in [2.24, 2.45) is 4.99 Å². The van der Waals surface area contributed by atoms with Gasteiger partial charge in [-0.3, -0.25) is 0 Å². The maximum atomic E-state index is 10.4. The molecule has 0 radical (unpaired) electrons. The predicted octanol–water partition coefficient (Wildman–Crippen LogP) is 2.76. The van der Waals surface area contributed by atoms with E-state index in [0.29, 0.717) is 5.82 Å². The summed E-state index contributed by atoms with van der Waals surface area (Å²) in [7, 11) is 0. The van der Waals surface area contributed by atoms with Crippen molar-refractivity contribution in [3.63, 3.8) is 0 Å². The van der Waals surface area contributed by atoms with Gasteiger partial charge in [-0.15, -0.1) is 4.99 Å². The summed E-state index contributed by atoms with van der Waals surface area (Å²) in [6.45, 7) is 5.91. The highest BCUT2D eigenvalue weighted by Crippen LogP contribution is 2.21. The number of isocyanates is 1. The lowest BCUT2D eigenvalue weighted by atomic mass is 10.1. The highest BCUT2D eigenvalue weighted by molar-refractivity contribution is 5.50. The number of rotatable bonds is 2. The Bertz CT molecular complexity index is 587. The normalized spacial score (nSPS) is 10.1. The average Bonchev–Trinajstić information content (AvgIpc) is 2.58. The van der Waals surface area contributed by atoms with Crippen LogP contribution in [0.25, 0.3) is 5.69 Å². The van der Waals surface area contributed by atoms with Crippen LogP contribution in [-0.4, -0.2) is 15.9 Å². The molecule has 0 unspecified atom stereocenters. The highest BCUT2D eigenvalue weighted by atomic mass is 16.1. The van der Waals surface area contributed by atoms with Crippen LogP contribution in [0.4, 0.5) is 5.82 Å². The van der Waals surface area contributed by atoms with Crippen molar-refractivity contribution in [2.75, 3.05) is 0 Å². The van der Waals surface area contributed by atoms with Crippen molar-refractivity contribution in [1.29, 1.82) is 0 Å². The quantitative estimate of drug-likeness (QED) is 0.585. The van der Waals surface area contributed by atoms with Crippen molar-refractivity contribution >= 4 is 11.9 Å². The minimum Gasteiger partial charge on any atom is -0.214 e. The van der Waals surface area contributed by atoms with E-state index in [1.165, 1.54) is 0 Å². The molecule has 0 bridgehead atoms. The molecular weight excluding hydrogens is 214 g/mol. The second-order valence-electron chi connectivity index (χ2n) is 4.10. The van der Waals surface area contributed by atoms with E-state index in [0.717, 1.165) is 22.5 Å². The molecule has 4 heteroatoms. The molecule has 2 aromatic rings. The van der Waals surface area contributed by atoms with Crippen molar-refractivity contribution in [3.8, 4) is 5.69 Å². The van der Waals surface area contributed by atoms with Crippen LogP contribution in [0.5, 0.6) is 0 Å². The fraction of sp³-hybridized carbons (Fsp3) is 0.231. The Labute approximate surface area is 99.6 Å². The third-order valence-corrected chi connectivity index (χ3v) is 2.42. The topological polar surface area (TPSA) is 47.2 Å². The number of nitrogens with zero attached hydrogens (tertiary/aromatic N) is 3. The summed E-state index contributed by atoms with van der Waals surface area (Å²) in [6, 6.07) is 7.84. The number of aryl methyl sites for hydroxylation is 3. The predicted molar refractivity (Wildman–Crippen MR) is 65.6 cm³/mol. The molecule has 0 fully saturated rings. The van der Waals surface area contributed by atoms with E-state index in [2.05, 4.69) is 16.2 Å². The number of carbonyl (C=O) groups excluding carboxylic acids is 1. The number of hydrogen-bond acceptors (Lipinski definition) is 3. The third kappa shape index (κ3) is 2.32. The maximum absolute atomic E-state index is 10.4. The molecule has 0 aliphatic heterocycles. The summed E-state index contributed by atoms with van der Waals surface area (Å²) in [4.78, 5) is 14.0. The Morgan fingerprint density at radius 3 is 2.35 bits per heavy atom. The Kier molecular flexibility index (Phi) is 2.90. The number of hydrogen-bond donors (Lipinski definition) is 0. The van der Waals surface area contributed by atoms with Gasteiger partial charge in [-0.25, -0.2) is 9.48 Å². The number of aromatic nitrogens is 2. The monoisotopic (exact) mass is 227 g/mol. The second-order valence-corrected chi connectivity index (χ2v) is 4.10. The molecule has 86 valence electrons. The smallest absolute Gasteiger partial charge is 0.214 e. The van der Waals surface area contributed by atoms with Crippen LogP contribution >= 0.6 is 0 Å². The summed E-state index contributed by atoms with van der Waals surface area (Å²) in [5.74, 6) is 0.502. The van der Waals surface area contributed by atoms with Crippen molar-refractivity contribution in [3.05, 3.63) is 41.1 Å². The molecule has 4 nitrogen and oxygen atoms in total. The summed E-state index contributed by atoms with van der Waals surface area (Å²) >= 11 is 0. The average molecular weight is 227 g/mol. The van der Waals surface area contributed by atoms with Gasteiger partial charge in [-0.1, -0.05) is 6.07 Å². The molecule has 0 aliphatic rings. The van der Waals surface area contributed by atoms with Gasteiger partial charge in [0.05, 0.1) is 11.4 Å². The SMILES string of the molecule is Cc1cc(C)cc(-n2nc(C)cc2N=C=O)c1. The Balaban J connectivity index is 2.62. The van der Waals surface area contributed by atoms with E-state index in [1.807, 2.05) is 32.9 Å². The van der Waals surface area contributed by atoms with Crippen LogP contribution in [0.15, 0.2) is 29.3 Å². The fourth-order valence-corrected chi connectivity index (χ4v) is 1.88. The first-order chi connectivity index (χ1) is 8.10. The van der Waals surface area contributed by atoms with Crippen LogP contribution in [0, 0.1) is 20.8 Å². The number of benzene rings is 1. The van der Waals surface area contributed by atoms with Gasteiger partial charge in [0.15, 0.2) is 5.82 Å². The maximum Gasteiger partial charge on any atom is 0.242 e. The van der Waals surface area contributed by atoms with E-state index >= 15 is 0 Å². The molecule has 2 rings (SSSR count). The van der Waals surface area contributed by atoms with E-state index in [-0.39, 0.29) is 0 Å². The minimum atomic E-state index is 0.502. The lowest BCUT2D eigenvalue weighted by molar-refractivity contribution is 0.565. The van der Waals surface area contributed by atoms with Crippen LogP contribution in [-0.2, 0) is 4.79 Å². The standard InChI is InChI=1S/C13H13N3O/c1-9-4-10(2)6-12(5-9)16-13(14-8-17)7-11(3)15-16/h4-7H,1-3H3. The summed E-state index contributed by atoms with van der Waals surface area (Å²) < 4.78 is 1.65. The first kappa shape index (κ1) is 11.3. The molecule has 1 heterocycles. The number of aliphatic imine (C=N–C) groups is 1. The van der Waals surface area contributed by atoms with Gasteiger partial charge in [0, 0.05) is 6.07 Å². The van der Waals surface area contributed by atoms with Gasteiger partial charge < -0.3 is 0 Å². The molecular formula is C13H13N3O. The van der Waals surface area contributed by atoms with Gasteiger partial charge in [0.2, 0.25) is 6.08 Å². The van der Waals surface area contributed by atoms with Crippen LogP contribution in [0.1, 0.15) is 16.8 Å². The molecule has 1 aromatic heterocycles. The third-order valence-electron chi connectivity index (χ3n) is 2.42. The highest BCUT2D eigenvalue weighted by Gasteiger charge is 2.07. The summed E-state index contributed by atoms with van der Waals surface area (Å²) in [6.07, 6.45) is 1.55. The molecule has 0 atom stereocenters. The molecule has 0 saturated heterocycles. The minimum absolute atomic E-state index is 0.502. The van der Waals surface area contributed by atoms with Crippen LogP contribution in [0.3, 0.4) is 0 Å². The zero-order chi connectivity index (χ0) is 12.4. The van der Waals surface area contributed by atoms with Gasteiger partial charge in [-0.05, 0) is 44.0 Å². The van der Waals surface area contributed by atoms with E-state index in [4.69, 9.17) is 0 Å². The van der Waals surface area contributed by atoms with Gasteiger partial charge >= 0.3 is 0 Å². The van der Waals surface area contributed by atoms with Gasteiger partial charge in [0.25, 0.3) is 0 Å². The lowest BCUT2D eigenvalue weighted by Crippen LogP contribution is -1.97.